The minimum Gasteiger partial charge on any atom is -0.378 e. The molecule has 0 aliphatic heterocycles. The Balaban J connectivity index is 1.99. The zero-order chi connectivity index (χ0) is 14.9. The van der Waals surface area contributed by atoms with Crippen molar-refractivity contribution in [1.29, 1.82) is 0 Å². The van der Waals surface area contributed by atoms with Crippen molar-refractivity contribution in [2.75, 3.05) is 14.2 Å². The lowest BCUT2D eigenvalue weighted by Gasteiger charge is -2.43. The Morgan fingerprint density at radius 2 is 1.90 bits per heavy atom. The molecule has 0 radical (unpaired) electrons. The first-order chi connectivity index (χ1) is 10.2. The Bertz CT molecular complexity index is 631. The summed E-state index contributed by atoms with van der Waals surface area (Å²) in [5, 5.41) is 5.06. The standard InChI is InChI=1S/C18H22FNO/c1-20-17(12-18(21-2)10-5-11-18)15-8-9-16(19)14-7-4-3-6-13(14)15/h3-4,6-9,17,20H,5,10-12H2,1-2H3. The monoisotopic (exact) mass is 287 g/mol. The smallest absolute Gasteiger partial charge is 0.131 e. The van der Waals surface area contributed by atoms with Crippen LogP contribution in [0.1, 0.15) is 37.3 Å². The number of rotatable bonds is 5. The van der Waals surface area contributed by atoms with E-state index in [0.29, 0.717) is 5.39 Å². The maximum atomic E-state index is 14.0. The van der Waals surface area contributed by atoms with Crippen molar-refractivity contribution in [3.63, 3.8) is 0 Å². The second-order valence-corrected chi connectivity index (χ2v) is 5.97. The van der Waals surface area contributed by atoms with Gasteiger partial charge in [0.2, 0.25) is 0 Å². The van der Waals surface area contributed by atoms with Crippen LogP contribution in [-0.2, 0) is 4.74 Å². The summed E-state index contributed by atoms with van der Waals surface area (Å²) in [5.41, 5.74) is 1.14. The summed E-state index contributed by atoms with van der Waals surface area (Å²) in [6, 6.07) is 11.3. The molecule has 3 rings (SSSR count). The van der Waals surface area contributed by atoms with E-state index in [1.807, 2.05) is 37.4 Å². The first kappa shape index (κ1) is 14.5. The van der Waals surface area contributed by atoms with Crippen molar-refractivity contribution in [3.8, 4) is 0 Å². The maximum Gasteiger partial charge on any atom is 0.131 e. The lowest BCUT2D eigenvalue weighted by Crippen LogP contribution is -2.42. The van der Waals surface area contributed by atoms with E-state index in [-0.39, 0.29) is 17.5 Å². The van der Waals surface area contributed by atoms with Gasteiger partial charge in [-0.15, -0.1) is 0 Å². The van der Waals surface area contributed by atoms with E-state index in [4.69, 9.17) is 4.74 Å². The highest BCUT2D eigenvalue weighted by atomic mass is 19.1. The van der Waals surface area contributed by atoms with Crippen LogP contribution in [0.25, 0.3) is 10.8 Å². The summed E-state index contributed by atoms with van der Waals surface area (Å²) >= 11 is 0. The zero-order valence-corrected chi connectivity index (χ0v) is 12.7. The molecule has 0 bridgehead atoms. The third-order valence-corrected chi connectivity index (χ3v) is 4.90. The number of fused-ring (bicyclic) bond motifs is 1. The van der Waals surface area contributed by atoms with Crippen molar-refractivity contribution < 1.29 is 9.13 Å². The van der Waals surface area contributed by atoms with E-state index in [1.165, 1.54) is 6.42 Å². The molecule has 1 atom stereocenters. The summed E-state index contributed by atoms with van der Waals surface area (Å²) in [6.07, 6.45) is 4.38. The molecule has 1 N–H and O–H groups in total. The molecule has 0 aromatic heterocycles. The zero-order valence-electron chi connectivity index (χ0n) is 12.7. The summed E-state index contributed by atoms with van der Waals surface area (Å²) in [7, 11) is 3.76. The quantitative estimate of drug-likeness (QED) is 0.890. The van der Waals surface area contributed by atoms with E-state index in [9.17, 15) is 4.39 Å². The van der Waals surface area contributed by atoms with Gasteiger partial charge in [-0.1, -0.05) is 30.3 Å². The normalized spacial score (nSPS) is 18.4. The number of benzene rings is 2. The van der Waals surface area contributed by atoms with Gasteiger partial charge >= 0.3 is 0 Å². The third kappa shape index (κ3) is 2.56. The molecule has 1 fully saturated rings. The molecule has 21 heavy (non-hydrogen) atoms. The van der Waals surface area contributed by atoms with Crippen LogP contribution in [0.3, 0.4) is 0 Å². The highest BCUT2D eigenvalue weighted by Crippen LogP contribution is 2.42. The Morgan fingerprint density at radius 3 is 2.48 bits per heavy atom. The highest BCUT2D eigenvalue weighted by molar-refractivity contribution is 5.86. The van der Waals surface area contributed by atoms with Crippen molar-refractivity contribution in [2.45, 2.75) is 37.3 Å². The molecule has 1 aliphatic rings. The van der Waals surface area contributed by atoms with Gasteiger partial charge < -0.3 is 10.1 Å². The molecular formula is C18H22FNO. The fourth-order valence-corrected chi connectivity index (χ4v) is 3.39. The number of nitrogens with one attached hydrogen (secondary N) is 1. The van der Waals surface area contributed by atoms with Crippen molar-refractivity contribution in [3.05, 3.63) is 47.8 Å². The molecule has 1 unspecified atom stereocenters. The minimum atomic E-state index is -0.158. The Hall–Kier alpha value is -1.45. The van der Waals surface area contributed by atoms with Crippen LogP contribution in [0.5, 0.6) is 0 Å². The van der Waals surface area contributed by atoms with E-state index in [2.05, 4.69) is 5.32 Å². The number of hydrogen-bond acceptors (Lipinski definition) is 2. The molecule has 0 spiro atoms. The van der Waals surface area contributed by atoms with Crippen LogP contribution in [-0.4, -0.2) is 19.8 Å². The van der Waals surface area contributed by atoms with E-state index in [0.717, 1.165) is 30.2 Å². The highest BCUT2D eigenvalue weighted by Gasteiger charge is 2.39. The van der Waals surface area contributed by atoms with Gasteiger partial charge in [-0.05, 0) is 49.7 Å². The fraction of sp³-hybridized carbons (Fsp3) is 0.444. The lowest BCUT2D eigenvalue weighted by molar-refractivity contribution is -0.0833. The van der Waals surface area contributed by atoms with E-state index >= 15 is 0 Å². The molecular weight excluding hydrogens is 265 g/mol. The van der Waals surface area contributed by atoms with Crippen LogP contribution in [0.2, 0.25) is 0 Å². The van der Waals surface area contributed by atoms with Gasteiger partial charge in [-0.2, -0.15) is 0 Å². The van der Waals surface area contributed by atoms with Crippen molar-refractivity contribution in [1.82, 2.24) is 5.32 Å². The van der Waals surface area contributed by atoms with Crippen molar-refractivity contribution in [2.24, 2.45) is 0 Å². The predicted molar refractivity (Wildman–Crippen MR) is 83.9 cm³/mol. The van der Waals surface area contributed by atoms with Gasteiger partial charge in [-0.25, -0.2) is 4.39 Å². The Kier molecular flexibility index (Phi) is 3.96. The van der Waals surface area contributed by atoms with Crippen molar-refractivity contribution >= 4 is 10.8 Å². The average Bonchev–Trinajstić information content (AvgIpc) is 2.49. The molecule has 3 heteroatoms. The lowest BCUT2D eigenvalue weighted by atomic mass is 9.74. The largest absolute Gasteiger partial charge is 0.378 e. The van der Waals surface area contributed by atoms with Gasteiger partial charge in [0, 0.05) is 18.5 Å². The van der Waals surface area contributed by atoms with Gasteiger partial charge in [0.25, 0.3) is 0 Å². The summed E-state index contributed by atoms with van der Waals surface area (Å²) in [6.45, 7) is 0. The predicted octanol–water partition coefficient (Wildman–Crippen LogP) is 4.20. The number of methoxy groups -OCH3 is 1. The number of hydrogen-bond donors (Lipinski definition) is 1. The van der Waals surface area contributed by atoms with Crippen LogP contribution in [0.4, 0.5) is 4.39 Å². The number of halogens is 1. The van der Waals surface area contributed by atoms with Gasteiger partial charge in [0.15, 0.2) is 0 Å². The SMILES string of the molecule is CNC(CC1(OC)CCC1)c1ccc(F)c2ccccc12. The molecule has 0 saturated heterocycles. The molecule has 0 amide bonds. The molecule has 1 aliphatic carbocycles. The van der Waals surface area contributed by atoms with E-state index < -0.39 is 0 Å². The van der Waals surface area contributed by atoms with Crippen LogP contribution in [0, 0.1) is 5.82 Å². The van der Waals surface area contributed by atoms with Gasteiger partial charge in [0.1, 0.15) is 5.82 Å². The summed E-state index contributed by atoms with van der Waals surface area (Å²) in [5.74, 6) is -0.158. The Morgan fingerprint density at radius 1 is 1.19 bits per heavy atom. The summed E-state index contributed by atoms with van der Waals surface area (Å²) in [4.78, 5) is 0. The van der Waals surface area contributed by atoms with Crippen LogP contribution < -0.4 is 5.32 Å². The fourth-order valence-electron chi connectivity index (χ4n) is 3.39. The maximum absolute atomic E-state index is 14.0. The Labute approximate surface area is 125 Å². The molecule has 2 nitrogen and oxygen atoms in total. The van der Waals surface area contributed by atoms with Gasteiger partial charge in [0.05, 0.1) is 5.60 Å². The molecule has 112 valence electrons. The molecule has 0 heterocycles. The molecule has 2 aromatic carbocycles. The topological polar surface area (TPSA) is 21.3 Å². The second-order valence-electron chi connectivity index (χ2n) is 5.97. The third-order valence-electron chi connectivity index (χ3n) is 4.90. The van der Waals surface area contributed by atoms with Crippen LogP contribution in [0.15, 0.2) is 36.4 Å². The van der Waals surface area contributed by atoms with E-state index in [1.54, 1.807) is 13.2 Å². The average molecular weight is 287 g/mol. The summed E-state index contributed by atoms with van der Waals surface area (Å²) < 4.78 is 19.7. The molecule has 1 saturated carbocycles. The first-order valence-electron chi connectivity index (χ1n) is 7.59. The number of ether oxygens (including phenoxy) is 1. The molecule has 2 aromatic rings. The second kappa shape index (κ2) is 5.74. The minimum absolute atomic E-state index is 0.0107. The first-order valence-corrected chi connectivity index (χ1v) is 7.59. The van der Waals surface area contributed by atoms with Gasteiger partial charge in [-0.3, -0.25) is 0 Å². The van der Waals surface area contributed by atoms with Crippen LogP contribution >= 0.6 is 0 Å².